The Labute approximate surface area is 184 Å². The van der Waals surface area contributed by atoms with Crippen molar-refractivity contribution in [1.29, 1.82) is 0 Å². The molecular formula is C22H30N4O4S. The van der Waals surface area contributed by atoms with Gasteiger partial charge in [-0.1, -0.05) is 18.9 Å². The Hall–Kier alpha value is -2.65. The first kappa shape index (κ1) is 23.0. The largest absolute Gasteiger partial charge is 0.495 e. The highest BCUT2D eigenvalue weighted by atomic mass is 32.2. The van der Waals surface area contributed by atoms with E-state index in [0.29, 0.717) is 13.1 Å². The Balaban J connectivity index is 1.84. The summed E-state index contributed by atoms with van der Waals surface area (Å²) in [5.74, 6) is 0.647. The molecule has 1 aromatic heterocycles. The van der Waals surface area contributed by atoms with E-state index in [1.54, 1.807) is 12.3 Å². The monoisotopic (exact) mass is 446 g/mol. The second-order valence-electron chi connectivity index (χ2n) is 7.75. The molecule has 0 spiro atoms. The second kappa shape index (κ2) is 10.1. The summed E-state index contributed by atoms with van der Waals surface area (Å²) >= 11 is 0. The first-order valence-electron chi connectivity index (χ1n) is 10.4. The molecule has 1 aromatic carbocycles. The lowest BCUT2D eigenvalue weighted by Gasteiger charge is -2.21. The van der Waals surface area contributed by atoms with Gasteiger partial charge in [-0.15, -0.1) is 0 Å². The van der Waals surface area contributed by atoms with Gasteiger partial charge in [-0.05, 0) is 37.1 Å². The number of carbonyl (C=O) groups excluding carboxylic acids is 1. The van der Waals surface area contributed by atoms with Crippen molar-refractivity contribution in [3.8, 4) is 5.75 Å². The van der Waals surface area contributed by atoms with E-state index in [4.69, 9.17) is 4.74 Å². The molecule has 3 rings (SSSR count). The number of pyridine rings is 1. The minimum absolute atomic E-state index is 0.0277. The zero-order valence-corrected chi connectivity index (χ0v) is 19.1. The number of nitrogens with zero attached hydrogens (tertiary/aromatic N) is 3. The van der Waals surface area contributed by atoms with Gasteiger partial charge in [-0.25, -0.2) is 13.4 Å². The maximum absolute atomic E-state index is 13.3. The quantitative estimate of drug-likeness (QED) is 0.703. The lowest BCUT2D eigenvalue weighted by Crippen LogP contribution is -2.32. The molecule has 1 amide bonds. The van der Waals surface area contributed by atoms with Crippen LogP contribution in [-0.4, -0.2) is 57.9 Å². The number of anilines is 1. The summed E-state index contributed by atoms with van der Waals surface area (Å²) in [5.41, 5.74) is 1.14. The van der Waals surface area contributed by atoms with Crippen molar-refractivity contribution < 1.29 is 17.9 Å². The molecule has 1 saturated heterocycles. The number of nitrogens with one attached hydrogen (secondary N) is 1. The fraction of sp³-hybridized carbons (Fsp3) is 0.455. The molecule has 0 saturated carbocycles. The number of ether oxygens (including phenoxy) is 1. The van der Waals surface area contributed by atoms with E-state index in [0.717, 1.165) is 37.1 Å². The number of aromatic nitrogens is 1. The van der Waals surface area contributed by atoms with Gasteiger partial charge < -0.3 is 15.0 Å². The van der Waals surface area contributed by atoms with E-state index in [1.165, 1.54) is 23.5 Å². The third kappa shape index (κ3) is 5.34. The van der Waals surface area contributed by atoms with Crippen molar-refractivity contribution in [3.63, 3.8) is 0 Å². The number of hydrogen-bond acceptors (Lipinski definition) is 6. The molecule has 1 fully saturated rings. The average molecular weight is 447 g/mol. The number of sulfonamides is 1. The smallest absolute Gasteiger partial charge is 0.251 e. The summed E-state index contributed by atoms with van der Waals surface area (Å²) in [4.78, 5) is 19.0. The number of carbonyl (C=O) groups is 1. The molecule has 1 N–H and O–H groups in total. The minimum atomic E-state index is -3.76. The predicted octanol–water partition coefficient (Wildman–Crippen LogP) is 2.65. The van der Waals surface area contributed by atoms with Gasteiger partial charge in [0.05, 0.1) is 7.11 Å². The number of hydrogen-bond donors (Lipinski definition) is 1. The topological polar surface area (TPSA) is 91.8 Å². The molecule has 0 bridgehead atoms. The summed E-state index contributed by atoms with van der Waals surface area (Å²) in [5, 5.41) is 2.86. The highest BCUT2D eigenvalue weighted by molar-refractivity contribution is 7.89. The predicted molar refractivity (Wildman–Crippen MR) is 120 cm³/mol. The fourth-order valence-electron chi connectivity index (χ4n) is 3.69. The highest BCUT2D eigenvalue weighted by Gasteiger charge is 2.29. The van der Waals surface area contributed by atoms with Gasteiger partial charge in [-0.3, -0.25) is 4.79 Å². The van der Waals surface area contributed by atoms with Crippen molar-refractivity contribution in [1.82, 2.24) is 14.6 Å². The summed E-state index contributed by atoms with van der Waals surface area (Å²) in [6, 6.07) is 8.23. The molecule has 1 aliphatic rings. The Bertz CT molecular complexity index is 1020. The van der Waals surface area contributed by atoms with Gasteiger partial charge in [0.15, 0.2) is 0 Å². The Morgan fingerprint density at radius 1 is 1.16 bits per heavy atom. The van der Waals surface area contributed by atoms with E-state index in [1.807, 2.05) is 31.1 Å². The van der Waals surface area contributed by atoms with Gasteiger partial charge in [0, 0.05) is 51.1 Å². The van der Waals surface area contributed by atoms with Crippen LogP contribution in [0.5, 0.6) is 5.75 Å². The van der Waals surface area contributed by atoms with Crippen LogP contribution in [0, 0.1) is 0 Å². The molecule has 2 heterocycles. The first-order chi connectivity index (χ1) is 14.8. The van der Waals surface area contributed by atoms with Crippen LogP contribution in [0.4, 0.5) is 5.82 Å². The Morgan fingerprint density at radius 3 is 2.52 bits per heavy atom. The number of rotatable bonds is 7. The van der Waals surface area contributed by atoms with Crippen molar-refractivity contribution in [3.05, 3.63) is 47.7 Å². The Kier molecular flexibility index (Phi) is 7.50. The summed E-state index contributed by atoms with van der Waals surface area (Å²) in [6.45, 7) is 1.24. The van der Waals surface area contributed by atoms with Crippen LogP contribution in [0.3, 0.4) is 0 Å². The normalized spacial score (nSPS) is 15.2. The summed E-state index contributed by atoms with van der Waals surface area (Å²) in [7, 11) is 1.45. The van der Waals surface area contributed by atoms with Crippen molar-refractivity contribution in [2.24, 2.45) is 0 Å². The van der Waals surface area contributed by atoms with Gasteiger partial charge in [0.25, 0.3) is 5.91 Å². The number of benzene rings is 1. The number of amides is 1. The van der Waals surface area contributed by atoms with Crippen LogP contribution in [0.15, 0.2) is 41.4 Å². The molecule has 31 heavy (non-hydrogen) atoms. The molecule has 1 aliphatic heterocycles. The molecule has 0 aliphatic carbocycles. The lowest BCUT2D eigenvalue weighted by atomic mass is 10.2. The van der Waals surface area contributed by atoms with Gasteiger partial charge in [0.1, 0.15) is 16.5 Å². The van der Waals surface area contributed by atoms with Gasteiger partial charge >= 0.3 is 0 Å². The Morgan fingerprint density at radius 2 is 1.87 bits per heavy atom. The van der Waals surface area contributed by atoms with Crippen molar-refractivity contribution >= 4 is 21.7 Å². The molecule has 0 unspecified atom stereocenters. The molecule has 0 radical (unpaired) electrons. The second-order valence-corrected chi connectivity index (χ2v) is 9.65. The molecule has 9 heteroatoms. The fourth-order valence-corrected chi connectivity index (χ4v) is 5.39. The van der Waals surface area contributed by atoms with Crippen molar-refractivity contribution in [2.75, 3.05) is 39.2 Å². The van der Waals surface area contributed by atoms with E-state index in [2.05, 4.69) is 10.3 Å². The van der Waals surface area contributed by atoms with Crippen LogP contribution in [0.25, 0.3) is 0 Å². The van der Waals surface area contributed by atoms with Gasteiger partial charge in [0.2, 0.25) is 10.0 Å². The SMILES string of the molecule is COc1ccc(C(=O)NCc2cccnc2N(C)C)cc1S(=O)(=O)N1CCCCCC1. The van der Waals surface area contributed by atoms with E-state index in [-0.39, 0.29) is 28.7 Å². The molecule has 168 valence electrons. The third-order valence-corrected chi connectivity index (χ3v) is 7.26. The lowest BCUT2D eigenvalue weighted by molar-refractivity contribution is 0.0950. The summed E-state index contributed by atoms with van der Waals surface area (Å²) < 4.78 is 33.4. The molecule has 8 nitrogen and oxygen atoms in total. The van der Waals surface area contributed by atoms with Gasteiger partial charge in [-0.2, -0.15) is 4.31 Å². The highest BCUT2D eigenvalue weighted by Crippen LogP contribution is 2.29. The van der Waals surface area contributed by atoms with Crippen LogP contribution in [0.2, 0.25) is 0 Å². The van der Waals surface area contributed by atoms with E-state index >= 15 is 0 Å². The van der Waals surface area contributed by atoms with Crippen LogP contribution < -0.4 is 15.0 Å². The maximum atomic E-state index is 13.3. The van der Waals surface area contributed by atoms with Crippen LogP contribution in [0.1, 0.15) is 41.6 Å². The first-order valence-corrected chi connectivity index (χ1v) is 11.9. The third-order valence-electron chi connectivity index (χ3n) is 5.34. The maximum Gasteiger partial charge on any atom is 0.251 e. The van der Waals surface area contributed by atoms with Crippen LogP contribution >= 0.6 is 0 Å². The zero-order valence-electron chi connectivity index (χ0n) is 18.3. The average Bonchev–Trinajstić information content (AvgIpc) is 3.07. The number of methoxy groups -OCH3 is 1. The van der Waals surface area contributed by atoms with Crippen molar-refractivity contribution in [2.45, 2.75) is 37.1 Å². The van der Waals surface area contributed by atoms with Crippen LogP contribution in [-0.2, 0) is 16.6 Å². The van der Waals surface area contributed by atoms with E-state index in [9.17, 15) is 13.2 Å². The molecule has 2 aromatic rings. The summed E-state index contributed by atoms with van der Waals surface area (Å²) in [6.07, 6.45) is 5.41. The molecule has 0 atom stereocenters. The van der Waals surface area contributed by atoms with E-state index < -0.39 is 10.0 Å². The molecular weight excluding hydrogens is 416 g/mol. The minimum Gasteiger partial charge on any atom is -0.495 e. The standard InChI is InChI=1S/C22H30N4O4S/c1-25(2)21-18(9-8-12-23-21)16-24-22(27)17-10-11-19(30-3)20(15-17)31(28,29)26-13-6-4-5-7-14-26/h8-12,15H,4-7,13-14,16H2,1-3H3,(H,24,27). The zero-order chi connectivity index (χ0) is 22.4.